The van der Waals surface area contributed by atoms with Crippen molar-refractivity contribution < 1.29 is 19.1 Å². The molecule has 0 aliphatic rings. The summed E-state index contributed by atoms with van der Waals surface area (Å²) in [5.41, 5.74) is -0.580. The summed E-state index contributed by atoms with van der Waals surface area (Å²) in [7, 11) is 3.83. The van der Waals surface area contributed by atoms with Crippen LogP contribution in [0.25, 0.3) is 0 Å². The molecular weight excluding hydrogens is 356 g/mol. The molecule has 146 valence electrons. The molecule has 0 heterocycles. The fourth-order valence-electron chi connectivity index (χ4n) is 2.11. The first-order valence-corrected chi connectivity index (χ1v) is 8.97. The highest BCUT2D eigenvalue weighted by molar-refractivity contribution is 6.30. The Morgan fingerprint density at radius 1 is 1.15 bits per heavy atom. The molecule has 1 aromatic rings. The second-order valence-corrected chi connectivity index (χ2v) is 7.70. The second kappa shape index (κ2) is 10.4. The van der Waals surface area contributed by atoms with Gasteiger partial charge in [-0.3, -0.25) is 9.59 Å². The number of esters is 1. The molecule has 6 nitrogen and oxygen atoms in total. The van der Waals surface area contributed by atoms with Crippen LogP contribution in [0.3, 0.4) is 0 Å². The number of rotatable bonds is 9. The predicted octanol–water partition coefficient (Wildman–Crippen LogP) is 2.84. The Labute approximate surface area is 161 Å². The lowest BCUT2D eigenvalue weighted by atomic mass is 10.2. The number of benzene rings is 1. The number of hydrogen-bond donors (Lipinski definition) is 0. The van der Waals surface area contributed by atoms with Crippen LogP contribution in [0.2, 0.25) is 5.02 Å². The first kappa shape index (κ1) is 22.3. The molecule has 0 saturated carbocycles. The number of nitrogens with zero attached hydrogens (tertiary/aromatic N) is 2. The zero-order valence-corrected chi connectivity index (χ0v) is 17.0. The molecule has 0 spiro atoms. The van der Waals surface area contributed by atoms with Gasteiger partial charge >= 0.3 is 5.97 Å². The number of carbonyl (C=O) groups is 2. The third-order valence-electron chi connectivity index (χ3n) is 3.29. The average molecular weight is 385 g/mol. The second-order valence-electron chi connectivity index (χ2n) is 7.26. The maximum Gasteiger partial charge on any atom is 0.326 e. The third kappa shape index (κ3) is 9.63. The zero-order valence-electron chi connectivity index (χ0n) is 16.3. The highest BCUT2D eigenvalue weighted by Crippen LogP contribution is 2.17. The van der Waals surface area contributed by atoms with Gasteiger partial charge in [0.25, 0.3) is 0 Å². The molecule has 1 amide bonds. The van der Waals surface area contributed by atoms with E-state index in [9.17, 15) is 9.59 Å². The summed E-state index contributed by atoms with van der Waals surface area (Å²) in [6, 6.07) is 7.01. The molecule has 7 heteroatoms. The Bertz CT molecular complexity index is 599. The van der Waals surface area contributed by atoms with Gasteiger partial charge in [-0.1, -0.05) is 17.7 Å². The molecule has 0 saturated heterocycles. The minimum Gasteiger partial charge on any atom is -0.493 e. The normalized spacial score (nSPS) is 11.3. The maximum atomic E-state index is 12.5. The first-order chi connectivity index (χ1) is 12.1. The topological polar surface area (TPSA) is 59.1 Å². The molecule has 1 aromatic carbocycles. The van der Waals surface area contributed by atoms with E-state index in [1.54, 1.807) is 45.0 Å². The van der Waals surface area contributed by atoms with E-state index in [-0.39, 0.29) is 25.5 Å². The smallest absolute Gasteiger partial charge is 0.326 e. The molecule has 0 aliphatic heterocycles. The molecular formula is C19H29ClN2O4. The van der Waals surface area contributed by atoms with Gasteiger partial charge in [0, 0.05) is 18.1 Å². The van der Waals surface area contributed by atoms with E-state index in [4.69, 9.17) is 21.1 Å². The Morgan fingerprint density at radius 3 is 2.42 bits per heavy atom. The largest absolute Gasteiger partial charge is 0.493 e. The summed E-state index contributed by atoms with van der Waals surface area (Å²) in [5, 5.41) is 0.575. The fourth-order valence-corrected chi connectivity index (χ4v) is 2.29. The number of ether oxygens (including phenoxy) is 2. The number of halogens is 1. The minimum absolute atomic E-state index is 0.0683. The van der Waals surface area contributed by atoms with E-state index in [2.05, 4.69) is 0 Å². The highest BCUT2D eigenvalue weighted by atomic mass is 35.5. The molecule has 26 heavy (non-hydrogen) atoms. The van der Waals surface area contributed by atoms with E-state index in [1.165, 1.54) is 4.90 Å². The van der Waals surface area contributed by atoms with Gasteiger partial charge in [-0.05, 0) is 53.1 Å². The van der Waals surface area contributed by atoms with Crippen molar-refractivity contribution in [2.75, 3.05) is 40.3 Å². The number of carbonyl (C=O) groups excluding carboxylic acids is 2. The van der Waals surface area contributed by atoms with Gasteiger partial charge in [0.2, 0.25) is 5.91 Å². The Hall–Kier alpha value is -1.79. The van der Waals surface area contributed by atoms with Gasteiger partial charge < -0.3 is 19.3 Å². The lowest BCUT2D eigenvalue weighted by molar-refractivity contribution is -0.159. The van der Waals surface area contributed by atoms with E-state index in [0.29, 0.717) is 23.9 Å². The molecule has 0 bridgehead atoms. The summed E-state index contributed by atoms with van der Waals surface area (Å²) in [6.45, 7) is 6.65. The van der Waals surface area contributed by atoms with Crippen molar-refractivity contribution in [1.82, 2.24) is 9.80 Å². The van der Waals surface area contributed by atoms with Gasteiger partial charge in [0.05, 0.1) is 13.0 Å². The number of hydrogen-bond acceptors (Lipinski definition) is 5. The van der Waals surface area contributed by atoms with Crippen LogP contribution < -0.4 is 4.74 Å². The number of likely N-dealkylation sites (N-methyl/N-ethyl adjacent to an activating group) is 1. The van der Waals surface area contributed by atoms with Crippen LogP contribution in [0.4, 0.5) is 0 Å². The van der Waals surface area contributed by atoms with Gasteiger partial charge in [-0.15, -0.1) is 0 Å². The van der Waals surface area contributed by atoms with Crippen LogP contribution in [0.15, 0.2) is 24.3 Å². The van der Waals surface area contributed by atoms with Crippen LogP contribution in [0.1, 0.15) is 27.2 Å². The molecule has 0 aliphatic carbocycles. The zero-order chi connectivity index (χ0) is 19.7. The summed E-state index contributed by atoms with van der Waals surface area (Å²) in [4.78, 5) is 28.0. The first-order valence-electron chi connectivity index (χ1n) is 8.59. The molecule has 0 radical (unpaired) electrons. The summed E-state index contributed by atoms with van der Waals surface area (Å²) < 4.78 is 10.9. The van der Waals surface area contributed by atoms with E-state index in [1.807, 2.05) is 19.0 Å². The number of amides is 1. The monoisotopic (exact) mass is 384 g/mol. The van der Waals surface area contributed by atoms with Crippen LogP contribution >= 0.6 is 11.6 Å². The molecule has 1 rings (SSSR count). The Balaban J connectivity index is 2.57. The van der Waals surface area contributed by atoms with Crippen molar-refractivity contribution >= 4 is 23.5 Å². The fraction of sp³-hybridized carbons (Fsp3) is 0.579. The van der Waals surface area contributed by atoms with E-state index < -0.39 is 11.6 Å². The molecule has 0 aromatic heterocycles. The van der Waals surface area contributed by atoms with E-state index in [0.717, 1.165) is 0 Å². The van der Waals surface area contributed by atoms with Crippen LogP contribution in [0.5, 0.6) is 5.75 Å². The summed E-state index contributed by atoms with van der Waals surface area (Å²) in [6.07, 6.45) is 0.169. The van der Waals surface area contributed by atoms with Gasteiger partial charge in [0.15, 0.2) is 0 Å². The van der Waals surface area contributed by atoms with Gasteiger partial charge in [-0.25, -0.2) is 0 Å². The highest BCUT2D eigenvalue weighted by Gasteiger charge is 2.22. The lowest BCUT2D eigenvalue weighted by Gasteiger charge is -2.26. The van der Waals surface area contributed by atoms with Crippen molar-refractivity contribution in [2.45, 2.75) is 32.8 Å². The maximum absolute atomic E-state index is 12.5. The van der Waals surface area contributed by atoms with Crippen molar-refractivity contribution in [3.8, 4) is 5.75 Å². The van der Waals surface area contributed by atoms with Crippen molar-refractivity contribution in [3.63, 3.8) is 0 Å². The van der Waals surface area contributed by atoms with Crippen molar-refractivity contribution in [2.24, 2.45) is 0 Å². The quantitative estimate of drug-likeness (QED) is 0.613. The standard InChI is InChI=1S/C19H29ClN2O4/c1-19(2,3)26-18(24)14-22(11-10-21(4)5)17(23)9-12-25-16-8-6-7-15(20)13-16/h6-8,13H,9-12,14H2,1-5H3. The van der Waals surface area contributed by atoms with E-state index >= 15 is 0 Å². The van der Waals surface area contributed by atoms with Crippen molar-refractivity contribution in [1.29, 1.82) is 0 Å². The lowest BCUT2D eigenvalue weighted by Crippen LogP contribution is -2.42. The van der Waals surface area contributed by atoms with Gasteiger partial charge in [-0.2, -0.15) is 0 Å². The summed E-state index contributed by atoms with van der Waals surface area (Å²) >= 11 is 5.91. The Morgan fingerprint density at radius 2 is 1.85 bits per heavy atom. The molecule has 0 N–H and O–H groups in total. The SMILES string of the molecule is CN(C)CCN(CC(=O)OC(C)(C)C)C(=O)CCOc1cccc(Cl)c1. The minimum atomic E-state index is -0.580. The van der Waals surface area contributed by atoms with Crippen LogP contribution in [-0.2, 0) is 14.3 Å². The average Bonchev–Trinajstić information content (AvgIpc) is 2.49. The van der Waals surface area contributed by atoms with Crippen LogP contribution in [-0.4, -0.2) is 67.6 Å². The summed E-state index contributed by atoms with van der Waals surface area (Å²) in [5.74, 6) is 0.0392. The molecule has 0 atom stereocenters. The van der Waals surface area contributed by atoms with Crippen molar-refractivity contribution in [3.05, 3.63) is 29.3 Å². The molecule has 0 fully saturated rings. The molecule has 0 unspecified atom stereocenters. The van der Waals surface area contributed by atoms with Gasteiger partial charge in [0.1, 0.15) is 17.9 Å². The van der Waals surface area contributed by atoms with Crippen LogP contribution in [0, 0.1) is 0 Å². The third-order valence-corrected chi connectivity index (χ3v) is 3.53. The Kier molecular flexibility index (Phi) is 8.88. The predicted molar refractivity (Wildman–Crippen MR) is 103 cm³/mol.